The van der Waals surface area contributed by atoms with Crippen LogP contribution >= 0.6 is 0 Å². The summed E-state index contributed by atoms with van der Waals surface area (Å²) in [5.41, 5.74) is 5.03. The minimum atomic E-state index is -0.161. The molecular formula is C14H32N2O. The maximum absolute atomic E-state index is 10.4. The van der Waals surface area contributed by atoms with Crippen molar-refractivity contribution in [2.75, 3.05) is 21.1 Å². The highest BCUT2D eigenvalue weighted by atomic mass is 16.1. The molecule has 0 aliphatic rings. The molecule has 0 rings (SSSR count). The zero-order valence-corrected chi connectivity index (χ0v) is 12.3. The van der Waals surface area contributed by atoms with Crippen LogP contribution in [0.1, 0.15) is 64.7 Å². The maximum Gasteiger partial charge on any atom is 0.217 e. The zero-order valence-electron chi connectivity index (χ0n) is 12.3. The molecule has 0 bridgehead atoms. The van der Waals surface area contributed by atoms with Crippen molar-refractivity contribution in [3.63, 3.8) is 0 Å². The molecule has 3 nitrogen and oxygen atoms in total. The van der Waals surface area contributed by atoms with Gasteiger partial charge in [-0.2, -0.15) is 0 Å². The van der Waals surface area contributed by atoms with E-state index in [2.05, 4.69) is 6.92 Å². The molecule has 0 aromatic heterocycles. The van der Waals surface area contributed by atoms with Crippen molar-refractivity contribution in [1.29, 1.82) is 0 Å². The Morgan fingerprint density at radius 3 is 1.59 bits per heavy atom. The van der Waals surface area contributed by atoms with E-state index in [1.807, 2.05) is 26.0 Å². The average Bonchev–Trinajstić information content (AvgIpc) is 2.21. The highest BCUT2D eigenvalue weighted by molar-refractivity contribution is 5.73. The van der Waals surface area contributed by atoms with Crippen molar-refractivity contribution >= 4 is 5.91 Å². The SMILES string of the molecule is CCCCCCCCCCC(N)=O.CN(C)C. The molecule has 2 N–H and O–H groups in total. The summed E-state index contributed by atoms with van der Waals surface area (Å²) in [7, 11) is 6.00. The minimum absolute atomic E-state index is 0.161. The van der Waals surface area contributed by atoms with Crippen LogP contribution in [0.3, 0.4) is 0 Å². The van der Waals surface area contributed by atoms with Gasteiger partial charge < -0.3 is 10.6 Å². The smallest absolute Gasteiger partial charge is 0.217 e. The van der Waals surface area contributed by atoms with Crippen molar-refractivity contribution < 1.29 is 4.79 Å². The molecule has 3 heteroatoms. The van der Waals surface area contributed by atoms with Gasteiger partial charge in [0.1, 0.15) is 0 Å². The van der Waals surface area contributed by atoms with E-state index < -0.39 is 0 Å². The second-order valence-electron chi connectivity index (χ2n) is 5.03. The standard InChI is InChI=1S/C11H23NO.C3H9N/c1-2-3-4-5-6-7-8-9-10-11(12)13;1-4(2)3/h2-10H2,1H3,(H2,12,13);1-3H3. The lowest BCUT2D eigenvalue weighted by molar-refractivity contribution is -0.118. The number of nitrogens with two attached hydrogens (primary N) is 1. The van der Waals surface area contributed by atoms with Gasteiger partial charge in [0.25, 0.3) is 0 Å². The van der Waals surface area contributed by atoms with Gasteiger partial charge in [0, 0.05) is 6.42 Å². The van der Waals surface area contributed by atoms with Gasteiger partial charge in [0.2, 0.25) is 5.91 Å². The number of primary amides is 1. The summed E-state index contributed by atoms with van der Waals surface area (Å²) in [6.45, 7) is 2.23. The highest BCUT2D eigenvalue weighted by Gasteiger charge is 1.94. The quantitative estimate of drug-likeness (QED) is 0.633. The van der Waals surface area contributed by atoms with Gasteiger partial charge in [-0.1, -0.05) is 51.9 Å². The van der Waals surface area contributed by atoms with E-state index in [9.17, 15) is 4.79 Å². The van der Waals surface area contributed by atoms with Gasteiger partial charge in [-0.3, -0.25) is 4.79 Å². The van der Waals surface area contributed by atoms with Crippen LogP contribution in [-0.2, 0) is 4.79 Å². The predicted molar refractivity (Wildman–Crippen MR) is 76.0 cm³/mol. The third-order valence-electron chi connectivity index (χ3n) is 2.28. The van der Waals surface area contributed by atoms with Gasteiger partial charge >= 0.3 is 0 Å². The van der Waals surface area contributed by atoms with Crippen LogP contribution in [0.15, 0.2) is 0 Å². The number of hydrogen-bond donors (Lipinski definition) is 1. The Labute approximate surface area is 108 Å². The fraction of sp³-hybridized carbons (Fsp3) is 0.929. The topological polar surface area (TPSA) is 46.3 Å². The van der Waals surface area contributed by atoms with Crippen molar-refractivity contribution in [1.82, 2.24) is 4.90 Å². The minimum Gasteiger partial charge on any atom is -0.370 e. The Balaban J connectivity index is 0. The molecule has 1 amide bonds. The second kappa shape index (κ2) is 15.4. The first-order valence-electron chi connectivity index (χ1n) is 6.90. The van der Waals surface area contributed by atoms with Crippen LogP contribution in [0.5, 0.6) is 0 Å². The molecule has 0 heterocycles. The van der Waals surface area contributed by atoms with Crippen LogP contribution in [0.4, 0.5) is 0 Å². The van der Waals surface area contributed by atoms with E-state index in [4.69, 9.17) is 5.73 Å². The van der Waals surface area contributed by atoms with Crippen LogP contribution < -0.4 is 5.73 Å². The third kappa shape index (κ3) is 31.3. The molecule has 104 valence electrons. The number of amides is 1. The number of carbonyl (C=O) groups is 1. The molecule has 17 heavy (non-hydrogen) atoms. The first-order chi connectivity index (χ1) is 8.00. The molecule has 0 unspecified atom stereocenters. The van der Waals surface area contributed by atoms with E-state index in [-0.39, 0.29) is 5.91 Å². The molecule has 0 saturated heterocycles. The van der Waals surface area contributed by atoms with Gasteiger partial charge in [0.05, 0.1) is 0 Å². The summed E-state index contributed by atoms with van der Waals surface area (Å²) in [5.74, 6) is -0.161. The van der Waals surface area contributed by atoms with E-state index in [1.165, 1.54) is 38.5 Å². The summed E-state index contributed by atoms with van der Waals surface area (Å²) in [4.78, 5) is 12.4. The molecule has 0 aromatic carbocycles. The van der Waals surface area contributed by atoms with Gasteiger partial charge in [-0.15, -0.1) is 0 Å². The zero-order chi connectivity index (χ0) is 13.5. The molecule has 0 radical (unpaired) electrons. The van der Waals surface area contributed by atoms with Crippen LogP contribution in [0, 0.1) is 0 Å². The largest absolute Gasteiger partial charge is 0.370 e. The molecular weight excluding hydrogens is 212 g/mol. The Hall–Kier alpha value is -0.570. The van der Waals surface area contributed by atoms with Crippen LogP contribution in [0.2, 0.25) is 0 Å². The van der Waals surface area contributed by atoms with E-state index in [1.54, 1.807) is 0 Å². The Morgan fingerprint density at radius 2 is 1.24 bits per heavy atom. The molecule has 0 aromatic rings. The summed E-state index contributed by atoms with van der Waals surface area (Å²) in [6, 6.07) is 0. The maximum atomic E-state index is 10.4. The van der Waals surface area contributed by atoms with Gasteiger partial charge in [-0.25, -0.2) is 0 Å². The third-order valence-corrected chi connectivity index (χ3v) is 2.28. The Morgan fingerprint density at radius 1 is 0.882 bits per heavy atom. The molecule has 0 spiro atoms. The van der Waals surface area contributed by atoms with Crippen LogP contribution in [-0.4, -0.2) is 32.0 Å². The van der Waals surface area contributed by atoms with E-state index >= 15 is 0 Å². The Kier molecular flexibility index (Phi) is 17.1. The molecule has 0 atom stereocenters. The highest BCUT2D eigenvalue weighted by Crippen LogP contribution is 2.08. The summed E-state index contributed by atoms with van der Waals surface area (Å²) in [6.07, 6.45) is 10.7. The first-order valence-corrected chi connectivity index (χ1v) is 6.90. The lowest BCUT2D eigenvalue weighted by Gasteiger charge is -1.99. The monoisotopic (exact) mass is 244 g/mol. The molecule has 0 aliphatic heterocycles. The normalized spacial score (nSPS) is 9.94. The Bertz CT molecular complexity index is 156. The number of hydrogen-bond acceptors (Lipinski definition) is 2. The van der Waals surface area contributed by atoms with E-state index in [0.29, 0.717) is 6.42 Å². The van der Waals surface area contributed by atoms with Crippen LogP contribution in [0.25, 0.3) is 0 Å². The fourth-order valence-corrected chi connectivity index (χ4v) is 1.43. The number of nitrogens with zero attached hydrogens (tertiary/aromatic N) is 1. The summed E-state index contributed by atoms with van der Waals surface area (Å²) in [5, 5.41) is 0. The molecule has 0 aliphatic carbocycles. The summed E-state index contributed by atoms with van der Waals surface area (Å²) < 4.78 is 0. The lowest BCUT2D eigenvalue weighted by Crippen LogP contribution is -2.09. The van der Waals surface area contributed by atoms with E-state index in [0.717, 1.165) is 12.8 Å². The van der Waals surface area contributed by atoms with Crippen molar-refractivity contribution in [3.05, 3.63) is 0 Å². The number of rotatable bonds is 9. The average molecular weight is 244 g/mol. The number of unbranched alkanes of at least 4 members (excludes halogenated alkanes) is 7. The van der Waals surface area contributed by atoms with Gasteiger partial charge in [0.15, 0.2) is 0 Å². The first kappa shape index (κ1) is 18.8. The van der Waals surface area contributed by atoms with Crippen molar-refractivity contribution in [2.24, 2.45) is 5.73 Å². The second-order valence-corrected chi connectivity index (χ2v) is 5.03. The fourth-order valence-electron chi connectivity index (χ4n) is 1.43. The number of carbonyl (C=O) groups excluding carboxylic acids is 1. The molecule has 0 fully saturated rings. The van der Waals surface area contributed by atoms with Crippen molar-refractivity contribution in [2.45, 2.75) is 64.7 Å². The lowest BCUT2D eigenvalue weighted by atomic mass is 10.1. The molecule has 0 saturated carbocycles. The van der Waals surface area contributed by atoms with Gasteiger partial charge in [-0.05, 0) is 27.6 Å². The predicted octanol–water partition coefficient (Wildman–Crippen LogP) is 3.18. The summed E-state index contributed by atoms with van der Waals surface area (Å²) >= 11 is 0. The van der Waals surface area contributed by atoms with Crippen molar-refractivity contribution in [3.8, 4) is 0 Å².